The first-order chi connectivity index (χ1) is 5.47. The van der Waals surface area contributed by atoms with Crippen LogP contribution in [0.1, 0.15) is 0 Å². The van der Waals surface area contributed by atoms with Crippen molar-refractivity contribution in [2.24, 2.45) is 0 Å². The maximum atomic E-state index is 11.8. The van der Waals surface area contributed by atoms with Crippen molar-refractivity contribution in [1.82, 2.24) is 0 Å². The average molecular weight is 194 g/mol. The number of thiol groups is 1. The van der Waals surface area contributed by atoms with Crippen molar-refractivity contribution in [3.05, 3.63) is 24.5 Å². The Morgan fingerprint density at radius 1 is 1.25 bits per heavy atom. The number of halogens is 3. The molecular weight excluding hydrogens is 187 g/mol. The molecule has 0 bridgehead atoms. The summed E-state index contributed by atoms with van der Waals surface area (Å²) in [6.45, 7) is -0.957. The molecule has 5 heteroatoms. The third-order valence-corrected chi connectivity index (χ3v) is 1.53. The quantitative estimate of drug-likeness (QED) is 0.513. The first-order valence-corrected chi connectivity index (χ1v) is 3.67. The fourth-order valence-electron chi connectivity index (χ4n) is 0.762. The molecule has 0 amide bonds. The van der Waals surface area contributed by atoms with Gasteiger partial charge in [-0.15, -0.1) is 12.6 Å². The molecule has 1 nitrogen and oxygen atoms in total. The number of alkyl halides is 3. The minimum Gasteiger partial charge on any atom is -0.196 e. The van der Waals surface area contributed by atoms with Crippen molar-refractivity contribution >= 4 is 12.6 Å². The summed E-state index contributed by atoms with van der Waals surface area (Å²) in [5, 5.41) is 0. The third-order valence-electron chi connectivity index (χ3n) is 1.24. The summed E-state index contributed by atoms with van der Waals surface area (Å²) in [5.41, 5.74) is 0. The molecular formula is C7H7F3NS+. The van der Waals surface area contributed by atoms with E-state index in [1.54, 1.807) is 0 Å². The topological polar surface area (TPSA) is 3.88 Å². The van der Waals surface area contributed by atoms with Gasteiger partial charge in [-0.3, -0.25) is 0 Å². The van der Waals surface area contributed by atoms with Crippen LogP contribution >= 0.6 is 12.6 Å². The average Bonchev–Trinajstić information content (AvgIpc) is 1.91. The molecule has 0 saturated heterocycles. The van der Waals surface area contributed by atoms with E-state index in [4.69, 9.17) is 0 Å². The lowest BCUT2D eigenvalue weighted by Crippen LogP contribution is -2.40. The third kappa shape index (κ3) is 3.13. The van der Waals surface area contributed by atoms with Crippen LogP contribution in [0.4, 0.5) is 13.2 Å². The zero-order chi connectivity index (χ0) is 9.19. The van der Waals surface area contributed by atoms with Gasteiger partial charge < -0.3 is 0 Å². The van der Waals surface area contributed by atoms with E-state index >= 15 is 0 Å². The van der Waals surface area contributed by atoms with Crippen molar-refractivity contribution in [1.29, 1.82) is 0 Å². The van der Waals surface area contributed by atoms with E-state index < -0.39 is 12.7 Å². The van der Waals surface area contributed by atoms with Gasteiger partial charge in [0.15, 0.2) is 12.4 Å². The molecule has 1 aromatic rings. The van der Waals surface area contributed by atoms with Gasteiger partial charge in [0.05, 0.1) is 0 Å². The lowest BCUT2D eigenvalue weighted by molar-refractivity contribution is -0.719. The van der Waals surface area contributed by atoms with Crippen LogP contribution in [0.15, 0.2) is 29.4 Å². The van der Waals surface area contributed by atoms with Gasteiger partial charge in [0.25, 0.3) is 0 Å². The zero-order valence-electron chi connectivity index (χ0n) is 6.04. The molecule has 1 heterocycles. The molecule has 0 unspecified atom stereocenters. The molecule has 0 aliphatic heterocycles. The number of hydrogen-bond acceptors (Lipinski definition) is 1. The lowest BCUT2D eigenvalue weighted by atomic mass is 10.4. The van der Waals surface area contributed by atoms with Gasteiger partial charge in [-0.25, -0.2) is 0 Å². The van der Waals surface area contributed by atoms with Crippen molar-refractivity contribution in [2.45, 2.75) is 17.6 Å². The summed E-state index contributed by atoms with van der Waals surface area (Å²) in [7, 11) is 0. The van der Waals surface area contributed by atoms with Crippen LogP contribution in [0.3, 0.4) is 0 Å². The van der Waals surface area contributed by atoms with E-state index in [-0.39, 0.29) is 0 Å². The van der Waals surface area contributed by atoms with Crippen LogP contribution in [-0.2, 0) is 6.54 Å². The zero-order valence-corrected chi connectivity index (χ0v) is 6.94. The summed E-state index contributed by atoms with van der Waals surface area (Å²) in [4.78, 5) is 0.647. The highest BCUT2D eigenvalue weighted by atomic mass is 32.1. The highest BCUT2D eigenvalue weighted by molar-refractivity contribution is 7.80. The largest absolute Gasteiger partial charge is 0.448 e. The van der Waals surface area contributed by atoms with E-state index in [2.05, 4.69) is 12.6 Å². The highest BCUT2D eigenvalue weighted by Crippen LogP contribution is 2.14. The number of aromatic nitrogens is 1. The van der Waals surface area contributed by atoms with Crippen LogP contribution in [0.2, 0.25) is 0 Å². The molecule has 0 atom stereocenters. The van der Waals surface area contributed by atoms with Crippen LogP contribution in [0.5, 0.6) is 0 Å². The Balaban J connectivity index is 2.71. The molecule has 0 radical (unpaired) electrons. The second-order valence-electron chi connectivity index (χ2n) is 2.34. The van der Waals surface area contributed by atoms with E-state index in [1.807, 2.05) is 0 Å². The summed E-state index contributed by atoms with van der Waals surface area (Å²) in [5.74, 6) is 0. The second kappa shape index (κ2) is 3.35. The molecule has 1 rings (SSSR count). The van der Waals surface area contributed by atoms with Crippen LogP contribution in [0.25, 0.3) is 0 Å². The Morgan fingerprint density at radius 2 is 1.75 bits per heavy atom. The Kier molecular flexibility index (Phi) is 2.62. The molecule has 66 valence electrons. The van der Waals surface area contributed by atoms with E-state index in [1.165, 1.54) is 24.5 Å². The second-order valence-corrected chi connectivity index (χ2v) is 2.86. The minimum atomic E-state index is -4.16. The number of pyridine rings is 1. The predicted molar refractivity (Wildman–Crippen MR) is 39.9 cm³/mol. The molecule has 0 spiro atoms. The first-order valence-electron chi connectivity index (χ1n) is 3.22. The number of rotatable bonds is 1. The van der Waals surface area contributed by atoms with Gasteiger partial charge in [0, 0.05) is 17.0 Å². The van der Waals surface area contributed by atoms with Gasteiger partial charge in [-0.05, 0) is 0 Å². The summed E-state index contributed by atoms with van der Waals surface area (Å²) < 4.78 is 36.5. The summed E-state index contributed by atoms with van der Waals surface area (Å²) >= 11 is 3.95. The molecule has 0 saturated carbocycles. The van der Waals surface area contributed by atoms with Crippen molar-refractivity contribution in [3.8, 4) is 0 Å². The molecule has 0 fully saturated rings. The van der Waals surface area contributed by atoms with Crippen LogP contribution in [-0.4, -0.2) is 6.18 Å². The van der Waals surface area contributed by atoms with Gasteiger partial charge in [0.2, 0.25) is 6.54 Å². The first kappa shape index (κ1) is 9.38. The van der Waals surface area contributed by atoms with Crippen molar-refractivity contribution in [3.63, 3.8) is 0 Å². The Labute approximate surface area is 73.2 Å². The van der Waals surface area contributed by atoms with Gasteiger partial charge in [-0.1, -0.05) is 0 Å². The molecule has 0 aliphatic carbocycles. The molecule has 12 heavy (non-hydrogen) atoms. The minimum absolute atomic E-state index is 0.647. The SMILES string of the molecule is FC(F)(F)C[n+]1ccc(S)cc1. The Bertz CT molecular complexity index is 254. The Hall–Kier alpha value is -0.710. The standard InChI is InChI=1S/C7H6F3NS/c8-7(9,10)5-11-3-1-6(12)2-4-11/h1-4H,5H2/p+1. The molecule has 0 N–H and O–H groups in total. The smallest absolute Gasteiger partial charge is 0.196 e. The highest BCUT2D eigenvalue weighted by Gasteiger charge is 2.32. The van der Waals surface area contributed by atoms with E-state index in [0.29, 0.717) is 4.90 Å². The fraction of sp³-hybridized carbons (Fsp3) is 0.286. The summed E-state index contributed by atoms with van der Waals surface area (Å²) in [6, 6.07) is 3.02. The number of nitrogens with zero attached hydrogens (tertiary/aromatic N) is 1. The van der Waals surface area contributed by atoms with E-state index in [0.717, 1.165) is 4.57 Å². The molecule has 0 aromatic carbocycles. The Morgan fingerprint density at radius 3 is 2.17 bits per heavy atom. The maximum absolute atomic E-state index is 11.8. The van der Waals surface area contributed by atoms with Crippen LogP contribution < -0.4 is 4.57 Å². The van der Waals surface area contributed by atoms with Crippen molar-refractivity contribution < 1.29 is 17.7 Å². The molecule has 1 aromatic heterocycles. The van der Waals surface area contributed by atoms with E-state index in [9.17, 15) is 13.2 Å². The monoisotopic (exact) mass is 194 g/mol. The normalized spacial score (nSPS) is 11.7. The summed E-state index contributed by atoms with van der Waals surface area (Å²) in [6.07, 6.45) is -1.48. The van der Waals surface area contributed by atoms with Crippen LogP contribution in [0, 0.1) is 0 Å². The van der Waals surface area contributed by atoms with Gasteiger partial charge in [0.1, 0.15) is 0 Å². The maximum Gasteiger partial charge on any atom is 0.448 e. The van der Waals surface area contributed by atoms with Crippen molar-refractivity contribution in [2.75, 3.05) is 0 Å². The van der Waals surface area contributed by atoms with Gasteiger partial charge >= 0.3 is 6.18 Å². The predicted octanol–water partition coefficient (Wildman–Crippen LogP) is 1.83. The lowest BCUT2D eigenvalue weighted by Gasteiger charge is -2.00. The van der Waals surface area contributed by atoms with Gasteiger partial charge in [-0.2, -0.15) is 17.7 Å². The number of hydrogen-bond donors (Lipinski definition) is 1. The fourth-order valence-corrected chi connectivity index (χ4v) is 0.895. The molecule has 0 aliphatic rings.